The van der Waals surface area contributed by atoms with Gasteiger partial charge in [-0.2, -0.15) is 5.10 Å². The van der Waals surface area contributed by atoms with Crippen molar-refractivity contribution in [1.29, 1.82) is 0 Å². The predicted molar refractivity (Wildman–Crippen MR) is 97.7 cm³/mol. The number of amides is 1. The molecule has 0 radical (unpaired) electrons. The number of carbonyl (C=O) groups is 1. The van der Waals surface area contributed by atoms with Crippen molar-refractivity contribution in [2.75, 3.05) is 6.54 Å². The first-order chi connectivity index (χ1) is 11.5. The molecule has 3 rings (SSSR count). The zero-order chi connectivity index (χ0) is 17.1. The highest BCUT2D eigenvalue weighted by Gasteiger charge is 2.30. The Hall–Kier alpha value is -1.66. The zero-order valence-corrected chi connectivity index (χ0v) is 15.6. The Balaban J connectivity index is 1.67. The van der Waals surface area contributed by atoms with Crippen LogP contribution in [0.3, 0.4) is 0 Å². The largest absolute Gasteiger partial charge is 0.348 e. The molecule has 5 nitrogen and oxygen atoms in total. The Labute approximate surface area is 151 Å². The maximum Gasteiger partial charge on any atom is 0.220 e. The average Bonchev–Trinajstić information content (AvgIpc) is 2.99. The Morgan fingerprint density at radius 3 is 3.04 bits per heavy atom. The van der Waals surface area contributed by atoms with E-state index >= 15 is 0 Å². The molecule has 1 saturated heterocycles. The smallest absolute Gasteiger partial charge is 0.220 e. The van der Waals surface area contributed by atoms with E-state index in [9.17, 15) is 4.79 Å². The Kier molecular flexibility index (Phi) is 5.36. The number of nitrogens with zero attached hydrogens (tertiary/aromatic N) is 2. The molecule has 0 aliphatic carbocycles. The lowest BCUT2D eigenvalue weighted by atomic mass is 9.92. The molecule has 1 aromatic heterocycles. The summed E-state index contributed by atoms with van der Waals surface area (Å²) in [4.78, 5) is 11.8. The van der Waals surface area contributed by atoms with Crippen LogP contribution in [0.1, 0.15) is 42.9 Å². The van der Waals surface area contributed by atoms with Gasteiger partial charge >= 0.3 is 0 Å². The minimum atomic E-state index is -0.0188. The van der Waals surface area contributed by atoms with Crippen molar-refractivity contribution in [3.05, 3.63) is 52.3 Å². The molecule has 1 amide bonds. The minimum absolute atomic E-state index is 0.0188. The molecule has 6 heteroatoms. The van der Waals surface area contributed by atoms with E-state index in [0.717, 1.165) is 23.0 Å². The van der Waals surface area contributed by atoms with Crippen LogP contribution in [0.2, 0.25) is 0 Å². The summed E-state index contributed by atoms with van der Waals surface area (Å²) in [5.41, 5.74) is 2.35. The molecule has 0 saturated carbocycles. The first-order valence-corrected chi connectivity index (χ1v) is 9.09. The Bertz CT molecular complexity index is 715. The van der Waals surface area contributed by atoms with Crippen molar-refractivity contribution >= 4 is 21.8 Å². The summed E-state index contributed by atoms with van der Waals surface area (Å²) < 4.78 is 2.88. The van der Waals surface area contributed by atoms with Crippen LogP contribution >= 0.6 is 15.9 Å². The first-order valence-electron chi connectivity index (χ1n) is 8.29. The van der Waals surface area contributed by atoms with Gasteiger partial charge in [0, 0.05) is 42.3 Å². The zero-order valence-electron chi connectivity index (χ0n) is 14.0. The highest BCUT2D eigenvalue weighted by molar-refractivity contribution is 9.10. The average molecular weight is 391 g/mol. The number of rotatable bonds is 5. The van der Waals surface area contributed by atoms with E-state index in [-0.39, 0.29) is 18.0 Å². The lowest BCUT2D eigenvalue weighted by Crippen LogP contribution is -2.49. The molecule has 0 unspecified atom stereocenters. The predicted octanol–water partition coefficient (Wildman–Crippen LogP) is 2.90. The minimum Gasteiger partial charge on any atom is -0.348 e. The standard InChI is InChI=1S/C18H23BrN4O/c1-12(13-4-3-5-15(19)8-13)9-20-16-6-7-17(24)22-18(16)14-10-21-23(2)11-14/h3-5,8,10-12,16,18,20H,6-7,9H2,1-2H3,(H,22,24)/t12-,16-,18+/m1/s1. The van der Waals surface area contributed by atoms with E-state index in [2.05, 4.69) is 56.8 Å². The molecule has 1 aliphatic heterocycles. The van der Waals surface area contributed by atoms with Crippen LogP contribution < -0.4 is 10.6 Å². The molecule has 2 aromatic rings. The number of benzene rings is 1. The first kappa shape index (κ1) is 17.2. The number of hydrogen-bond donors (Lipinski definition) is 2. The summed E-state index contributed by atoms with van der Waals surface area (Å²) in [6.07, 6.45) is 5.22. The summed E-state index contributed by atoms with van der Waals surface area (Å²) in [5.74, 6) is 0.511. The molecule has 1 aliphatic rings. The number of halogens is 1. The lowest BCUT2D eigenvalue weighted by Gasteiger charge is -2.33. The number of aryl methyl sites for hydroxylation is 1. The summed E-state index contributed by atoms with van der Waals surface area (Å²) in [6, 6.07) is 8.62. The fourth-order valence-electron chi connectivity index (χ4n) is 3.19. The van der Waals surface area contributed by atoms with E-state index in [1.165, 1.54) is 5.56 Å². The van der Waals surface area contributed by atoms with Crippen LogP contribution in [0.5, 0.6) is 0 Å². The molecule has 2 heterocycles. The van der Waals surface area contributed by atoms with Crippen molar-refractivity contribution in [2.45, 2.75) is 37.8 Å². The molecule has 0 spiro atoms. The number of hydrogen-bond acceptors (Lipinski definition) is 3. The van der Waals surface area contributed by atoms with Crippen molar-refractivity contribution in [3.8, 4) is 0 Å². The maximum absolute atomic E-state index is 11.8. The van der Waals surface area contributed by atoms with Crippen LogP contribution in [0.4, 0.5) is 0 Å². The second-order valence-corrected chi connectivity index (χ2v) is 7.42. The van der Waals surface area contributed by atoms with Crippen LogP contribution in [0.25, 0.3) is 0 Å². The molecular weight excluding hydrogens is 368 g/mol. The van der Waals surface area contributed by atoms with E-state index in [1.54, 1.807) is 4.68 Å². The van der Waals surface area contributed by atoms with Gasteiger partial charge in [0.25, 0.3) is 0 Å². The monoisotopic (exact) mass is 390 g/mol. The molecule has 1 fully saturated rings. The molecule has 0 bridgehead atoms. The van der Waals surface area contributed by atoms with Gasteiger partial charge < -0.3 is 10.6 Å². The van der Waals surface area contributed by atoms with Crippen LogP contribution in [-0.4, -0.2) is 28.3 Å². The lowest BCUT2D eigenvalue weighted by molar-refractivity contribution is -0.123. The highest BCUT2D eigenvalue weighted by Crippen LogP contribution is 2.25. The van der Waals surface area contributed by atoms with Crippen molar-refractivity contribution < 1.29 is 4.79 Å². The second kappa shape index (κ2) is 7.49. The van der Waals surface area contributed by atoms with E-state index in [1.807, 2.05) is 25.5 Å². The molecule has 1 aromatic carbocycles. The van der Waals surface area contributed by atoms with Gasteiger partial charge in [-0.15, -0.1) is 0 Å². The van der Waals surface area contributed by atoms with Crippen LogP contribution in [0.15, 0.2) is 41.1 Å². The Morgan fingerprint density at radius 2 is 2.33 bits per heavy atom. The number of aromatic nitrogens is 2. The van der Waals surface area contributed by atoms with Crippen molar-refractivity contribution in [1.82, 2.24) is 20.4 Å². The second-order valence-electron chi connectivity index (χ2n) is 6.50. The molecule has 2 N–H and O–H groups in total. The van der Waals surface area contributed by atoms with Crippen LogP contribution in [-0.2, 0) is 11.8 Å². The topological polar surface area (TPSA) is 59.0 Å². The third-order valence-corrected chi connectivity index (χ3v) is 5.08. The normalized spacial score (nSPS) is 22.2. The molecule has 3 atom stereocenters. The van der Waals surface area contributed by atoms with Gasteiger partial charge in [-0.3, -0.25) is 9.48 Å². The fourth-order valence-corrected chi connectivity index (χ4v) is 3.61. The molecule has 24 heavy (non-hydrogen) atoms. The van der Waals surface area contributed by atoms with Gasteiger partial charge in [-0.05, 0) is 30.0 Å². The summed E-state index contributed by atoms with van der Waals surface area (Å²) in [6.45, 7) is 3.09. The van der Waals surface area contributed by atoms with Crippen molar-refractivity contribution in [3.63, 3.8) is 0 Å². The van der Waals surface area contributed by atoms with E-state index in [4.69, 9.17) is 0 Å². The third-order valence-electron chi connectivity index (χ3n) is 4.59. The quantitative estimate of drug-likeness (QED) is 0.824. The van der Waals surface area contributed by atoms with Gasteiger partial charge in [0.15, 0.2) is 0 Å². The SMILES string of the molecule is C[C@H](CN[C@@H]1CCC(=O)N[C@H]1c1cnn(C)c1)c1cccc(Br)c1. The summed E-state index contributed by atoms with van der Waals surface area (Å²) in [5, 5.41) is 11.0. The maximum atomic E-state index is 11.8. The number of carbonyl (C=O) groups excluding carboxylic acids is 1. The molecular formula is C18H23BrN4O. The molecule has 128 valence electrons. The van der Waals surface area contributed by atoms with E-state index in [0.29, 0.717) is 12.3 Å². The third kappa shape index (κ3) is 4.05. The van der Waals surface area contributed by atoms with Crippen molar-refractivity contribution in [2.24, 2.45) is 7.05 Å². The highest BCUT2D eigenvalue weighted by atomic mass is 79.9. The van der Waals surface area contributed by atoms with Crippen LogP contribution in [0, 0.1) is 0 Å². The van der Waals surface area contributed by atoms with Gasteiger partial charge in [0.05, 0.1) is 12.2 Å². The Morgan fingerprint density at radius 1 is 1.50 bits per heavy atom. The summed E-state index contributed by atoms with van der Waals surface area (Å²) in [7, 11) is 1.89. The van der Waals surface area contributed by atoms with Gasteiger partial charge in [0.1, 0.15) is 0 Å². The van der Waals surface area contributed by atoms with E-state index < -0.39 is 0 Å². The van der Waals surface area contributed by atoms with Gasteiger partial charge in [-0.1, -0.05) is 35.0 Å². The number of nitrogens with one attached hydrogen (secondary N) is 2. The fraction of sp³-hybridized carbons (Fsp3) is 0.444. The summed E-state index contributed by atoms with van der Waals surface area (Å²) >= 11 is 3.53. The number of piperidine rings is 1. The van der Waals surface area contributed by atoms with Gasteiger partial charge in [0.2, 0.25) is 5.91 Å². The van der Waals surface area contributed by atoms with Gasteiger partial charge in [-0.25, -0.2) is 0 Å².